The summed E-state index contributed by atoms with van der Waals surface area (Å²) in [6, 6.07) is 5.41. The first-order valence-electron chi connectivity index (χ1n) is 5.04. The van der Waals surface area contributed by atoms with Crippen molar-refractivity contribution in [3.8, 4) is 0 Å². The van der Waals surface area contributed by atoms with Crippen LogP contribution in [0.1, 0.15) is 16.1 Å². The van der Waals surface area contributed by atoms with Crippen LogP contribution in [0.15, 0.2) is 29.6 Å². The van der Waals surface area contributed by atoms with Crippen LogP contribution in [-0.2, 0) is 0 Å². The molecular formula is C11H9N3O3S. The Balaban J connectivity index is 2.11. The van der Waals surface area contributed by atoms with E-state index in [0.29, 0.717) is 10.7 Å². The SMILES string of the molecule is Cc1csc(NC(=O)c2ccc([N+](=O)[O-])cc2)n1. The number of hydrogen-bond acceptors (Lipinski definition) is 5. The molecule has 2 aromatic rings. The van der Waals surface area contributed by atoms with Crippen molar-refractivity contribution in [2.24, 2.45) is 0 Å². The number of rotatable bonds is 3. The molecule has 1 heterocycles. The van der Waals surface area contributed by atoms with E-state index in [-0.39, 0.29) is 11.6 Å². The second-order valence-electron chi connectivity index (χ2n) is 3.55. The second kappa shape index (κ2) is 4.92. The largest absolute Gasteiger partial charge is 0.298 e. The topological polar surface area (TPSA) is 85.1 Å². The zero-order valence-electron chi connectivity index (χ0n) is 9.41. The van der Waals surface area contributed by atoms with E-state index in [1.807, 2.05) is 12.3 Å². The number of non-ortho nitro benzene ring substituents is 1. The van der Waals surface area contributed by atoms with Crippen LogP contribution in [0, 0.1) is 17.0 Å². The van der Waals surface area contributed by atoms with Gasteiger partial charge in [-0.2, -0.15) is 0 Å². The van der Waals surface area contributed by atoms with Crippen LogP contribution in [0.2, 0.25) is 0 Å². The molecule has 0 fully saturated rings. The van der Waals surface area contributed by atoms with Gasteiger partial charge >= 0.3 is 0 Å². The van der Waals surface area contributed by atoms with Crippen LogP contribution in [0.4, 0.5) is 10.8 Å². The molecule has 1 aromatic carbocycles. The van der Waals surface area contributed by atoms with Crippen molar-refractivity contribution in [3.63, 3.8) is 0 Å². The summed E-state index contributed by atoms with van der Waals surface area (Å²) >= 11 is 1.33. The molecule has 0 aliphatic heterocycles. The fourth-order valence-corrected chi connectivity index (χ4v) is 2.00. The molecule has 6 nitrogen and oxygen atoms in total. The Bertz CT molecular complexity index is 592. The molecule has 0 aliphatic carbocycles. The number of nitro groups is 1. The molecule has 0 atom stereocenters. The molecule has 0 bridgehead atoms. The molecule has 0 spiro atoms. The van der Waals surface area contributed by atoms with E-state index in [2.05, 4.69) is 10.3 Å². The van der Waals surface area contributed by atoms with E-state index < -0.39 is 4.92 Å². The Morgan fingerprint density at radius 1 is 1.39 bits per heavy atom. The van der Waals surface area contributed by atoms with Crippen molar-refractivity contribution in [2.75, 3.05) is 5.32 Å². The number of nitro benzene ring substituents is 1. The third-order valence-corrected chi connectivity index (χ3v) is 3.06. The summed E-state index contributed by atoms with van der Waals surface area (Å²) in [5, 5.41) is 15.4. The number of benzene rings is 1. The van der Waals surface area contributed by atoms with Gasteiger partial charge in [-0.3, -0.25) is 20.2 Å². The maximum Gasteiger partial charge on any atom is 0.269 e. The molecule has 18 heavy (non-hydrogen) atoms. The summed E-state index contributed by atoms with van der Waals surface area (Å²) in [5.41, 5.74) is 1.14. The summed E-state index contributed by atoms with van der Waals surface area (Å²) in [4.78, 5) is 25.9. The highest BCUT2D eigenvalue weighted by Gasteiger charge is 2.10. The highest BCUT2D eigenvalue weighted by atomic mass is 32.1. The van der Waals surface area contributed by atoms with E-state index in [9.17, 15) is 14.9 Å². The minimum absolute atomic E-state index is 0.0448. The average Bonchev–Trinajstić information content (AvgIpc) is 2.75. The van der Waals surface area contributed by atoms with E-state index in [1.165, 1.54) is 35.6 Å². The Kier molecular flexibility index (Phi) is 3.33. The number of aromatic nitrogens is 1. The first-order valence-corrected chi connectivity index (χ1v) is 5.92. The minimum Gasteiger partial charge on any atom is -0.298 e. The molecule has 92 valence electrons. The van der Waals surface area contributed by atoms with Crippen LogP contribution in [-0.4, -0.2) is 15.8 Å². The lowest BCUT2D eigenvalue weighted by Crippen LogP contribution is -2.11. The lowest BCUT2D eigenvalue weighted by Gasteiger charge is -2.00. The number of nitrogens with zero attached hydrogens (tertiary/aromatic N) is 2. The number of carbonyl (C=O) groups is 1. The van der Waals surface area contributed by atoms with Crippen LogP contribution in [0.25, 0.3) is 0 Å². The second-order valence-corrected chi connectivity index (χ2v) is 4.41. The molecule has 7 heteroatoms. The molecule has 0 aliphatic rings. The quantitative estimate of drug-likeness (QED) is 0.681. The number of amides is 1. The molecule has 0 saturated carbocycles. The summed E-state index contributed by atoms with van der Waals surface area (Å²) in [6.07, 6.45) is 0. The molecule has 0 saturated heterocycles. The number of nitrogens with one attached hydrogen (secondary N) is 1. The summed E-state index contributed by atoms with van der Waals surface area (Å²) in [6.45, 7) is 1.83. The standard InChI is InChI=1S/C11H9N3O3S/c1-7-6-18-11(12-7)13-10(15)8-2-4-9(5-3-8)14(16)17/h2-6H,1H3,(H,12,13,15). The molecule has 1 N–H and O–H groups in total. The van der Waals surface area contributed by atoms with E-state index in [4.69, 9.17) is 0 Å². The van der Waals surface area contributed by atoms with Crippen molar-refractivity contribution in [2.45, 2.75) is 6.92 Å². The highest BCUT2D eigenvalue weighted by Crippen LogP contribution is 2.17. The molecule has 2 rings (SSSR count). The number of carbonyl (C=O) groups excluding carboxylic acids is 1. The Morgan fingerprint density at radius 3 is 2.56 bits per heavy atom. The van der Waals surface area contributed by atoms with Crippen molar-refractivity contribution >= 4 is 28.1 Å². The Hall–Kier alpha value is -2.28. The zero-order valence-corrected chi connectivity index (χ0v) is 10.2. The summed E-state index contributed by atoms with van der Waals surface area (Å²) < 4.78 is 0. The molecular weight excluding hydrogens is 254 g/mol. The molecule has 1 amide bonds. The monoisotopic (exact) mass is 263 g/mol. The van der Waals surface area contributed by atoms with Crippen molar-refractivity contribution < 1.29 is 9.72 Å². The lowest BCUT2D eigenvalue weighted by molar-refractivity contribution is -0.384. The third-order valence-electron chi connectivity index (χ3n) is 2.18. The van der Waals surface area contributed by atoms with Gasteiger partial charge in [-0.15, -0.1) is 11.3 Å². The summed E-state index contributed by atoms with van der Waals surface area (Å²) in [5.74, 6) is -0.334. The van der Waals surface area contributed by atoms with Crippen molar-refractivity contribution in [1.82, 2.24) is 4.98 Å². The Labute approximate surface area is 106 Å². The maximum atomic E-state index is 11.8. The minimum atomic E-state index is -0.508. The fraction of sp³-hybridized carbons (Fsp3) is 0.0909. The van der Waals surface area contributed by atoms with Crippen LogP contribution >= 0.6 is 11.3 Å². The van der Waals surface area contributed by atoms with Gasteiger partial charge < -0.3 is 0 Å². The third kappa shape index (κ3) is 2.69. The molecule has 1 aromatic heterocycles. The van der Waals surface area contributed by atoms with E-state index in [0.717, 1.165) is 5.69 Å². The van der Waals surface area contributed by atoms with Gasteiger partial charge in [-0.1, -0.05) is 0 Å². The highest BCUT2D eigenvalue weighted by molar-refractivity contribution is 7.13. The predicted molar refractivity (Wildman–Crippen MR) is 67.9 cm³/mol. The summed E-state index contributed by atoms with van der Waals surface area (Å²) in [7, 11) is 0. The first kappa shape index (κ1) is 12.2. The molecule has 0 unspecified atom stereocenters. The van der Waals surface area contributed by atoms with Gasteiger partial charge in [0.1, 0.15) is 0 Å². The van der Waals surface area contributed by atoms with Gasteiger partial charge in [-0.05, 0) is 19.1 Å². The average molecular weight is 263 g/mol. The normalized spacial score (nSPS) is 10.1. The van der Waals surface area contributed by atoms with Gasteiger partial charge in [0.2, 0.25) is 0 Å². The smallest absolute Gasteiger partial charge is 0.269 e. The Morgan fingerprint density at radius 2 is 2.06 bits per heavy atom. The van der Waals surface area contributed by atoms with E-state index >= 15 is 0 Å². The number of anilines is 1. The maximum absolute atomic E-state index is 11.8. The fourth-order valence-electron chi connectivity index (χ4n) is 1.32. The van der Waals surface area contributed by atoms with Crippen molar-refractivity contribution in [1.29, 1.82) is 0 Å². The van der Waals surface area contributed by atoms with Crippen molar-refractivity contribution in [3.05, 3.63) is 51.0 Å². The van der Waals surface area contributed by atoms with Gasteiger partial charge in [0.15, 0.2) is 5.13 Å². The van der Waals surface area contributed by atoms with Crippen LogP contribution in [0.5, 0.6) is 0 Å². The number of aryl methyl sites for hydroxylation is 1. The predicted octanol–water partition coefficient (Wildman–Crippen LogP) is 2.61. The number of thiazole rings is 1. The lowest BCUT2D eigenvalue weighted by atomic mass is 10.2. The van der Waals surface area contributed by atoms with Gasteiger partial charge in [-0.25, -0.2) is 4.98 Å². The van der Waals surface area contributed by atoms with Crippen LogP contribution < -0.4 is 5.32 Å². The van der Waals surface area contributed by atoms with Crippen LogP contribution in [0.3, 0.4) is 0 Å². The number of hydrogen-bond donors (Lipinski definition) is 1. The van der Waals surface area contributed by atoms with Gasteiger partial charge in [0.05, 0.1) is 10.6 Å². The van der Waals surface area contributed by atoms with Gasteiger partial charge in [0.25, 0.3) is 11.6 Å². The van der Waals surface area contributed by atoms with Gasteiger partial charge in [0, 0.05) is 23.1 Å². The zero-order chi connectivity index (χ0) is 13.1. The first-order chi connectivity index (χ1) is 8.56. The van der Waals surface area contributed by atoms with E-state index in [1.54, 1.807) is 0 Å². The molecule has 0 radical (unpaired) electrons.